The Hall–Kier alpha value is -3.35. The number of amides is 2. The normalized spacial score (nSPS) is 16.5. The van der Waals surface area contributed by atoms with E-state index in [1.54, 1.807) is 6.07 Å². The van der Waals surface area contributed by atoms with E-state index in [1.165, 1.54) is 35.6 Å². The van der Waals surface area contributed by atoms with Crippen LogP contribution in [0.25, 0.3) is 10.2 Å². The van der Waals surface area contributed by atoms with Gasteiger partial charge in [0.2, 0.25) is 5.95 Å². The molecule has 0 radical (unpaired) electrons. The minimum absolute atomic E-state index is 0.230. The van der Waals surface area contributed by atoms with E-state index in [0.717, 1.165) is 10.5 Å². The molecule has 2 amide bonds. The van der Waals surface area contributed by atoms with Gasteiger partial charge in [-0.05, 0) is 30.3 Å². The Morgan fingerprint density at radius 2 is 1.50 bits per heavy atom. The van der Waals surface area contributed by atoms with E-state index in [9.17, 15) is 14.0 Å². The molecule has 0 bridgehead atoms. The number of fused-ring (bicyclic) bond motifs is 1. The van der Waals surface area contributed by atoms with E-state index in [4.69, 9.17) is 19.4 Å². The summed E-state index contributed by atoms with van der Waals surface area (Å²) in [4.78, 5) is 39.2. The predicted octanol–water partition coefficient (Wildman–Crippen LogP) is 1.58. The molecule has 0 unspecified atom stereocenters. The molecule has 0 saturated carbocycles. The molecule has 0 atom stereocenters. The van der Waals surface area contributed by atoms with Crippen LogP contribution in [-0.4, -0.2) is 74.4 Å². The van der Waals surface area contributed by atoms with Crippen LogP contribution in [0.5, 0.6) is 0 Å². The topological polar surface area (TPSA) is 109 Å². The number of hydrogen-bond acceptors (Lipinski definition) is 9. The first-order valence-corrected chi connectivity index (χ1v) is 11.7. The summed E-state index contributed by atoms with van der Waals surface area (Å²) < 4.78 is 24.8. The van der Waals surface area contributed by atoms with Gasteiger partial charge in [-0.15, -0.1) is 11.3 Å². The molecule has 4 heterocycles. The summed E-state index contributed by atoms with van der Waals surface area (Å²) in [7, 11) is 0. The second kappa shape index (κ2) is 9.87. The molecule has 2 aromatic heterocycles. The lowest BCUT2D eigenvalue weighted by Gasteiger charge is -2.30. The Labute approximate surface area is 198 Å². The maximum absolute atomic E-state index is 13.1. The number of rotatable bonds is 4. The molecule has 2 aliphatic heterocycles. The van der Waals surface area contributed by atoms with Crippen LogP contribution in [0.2, 0.25) is 0 Å². The van der Waals surface area contributed by atoms with Crippen LogP contribution in [0.3, 0.4) is 0 Å². The van der Waals surface area contributed by atoms with Crippen molar-refractivity contribution in [1.29, 1.82) is 0 Å². The van der Waals surface area contributed by atoms with E-state index in [-0.39, 0.29) is 5.56 Å². The Kier molecular flexibility index (Phi) is 6.52. The fourth-order valence-corrected chi connectivity index (χ4v) is 4.77. The van der Waals surface area contributed by atoms with Crippen molar-refractivity contribution in [3.8, 4) is 0 Å². The quantitative estimate of drug-likeness (QED) is 0.535. The summed E-state index contributed by atoms with van der Waals surface area (Å²) in [5.41, 5.74) is 5.68. The van der Waals surface area contributed by atoms with Crippen LogP contribution in [0.4, 0.5) is 16.2 Å². The molecular weight excluding hydrogens is 463 g/mol. The third-order valence-corrected chi connectivity index (χ3v) is 6.69. The van der Waals surface area contributed by atoms with Crippen molar-refractivity contribution >= 4 is 45.1 Å². The summed E-state index contributed by atoms with van der Waals surface area (Å²) in [5.74, 6) is -0.0856. The first-order chi connectivity index (χ1) is 16.6. The van der Waals surface area contributed by atoms with Crippen LogP contribution < -0.4 is 20.7 Å². The first-order valence-electron chi connectivity index (χ1n) is 10.9. The van der Waals surface area contributed by atoms with Crippen LogP contribution >= 0.6 is 11.3 Å². The SMILES string of the molecule is O=C(NNC(=O)c1cc2nc(N3CCOCC3)nc(N3CCOCC3)c2s1)c1ccc(F)cc1. The molecule has 2 aliphatic rings. The summed E-state index contributed by atoms with van der Waals surface area (Å²) in [6.07, 6.45) is 0. The zero-order valence-electron chi connectivity index (χ0n) is 18.3. The number of aromatic nitrogens is 2. The minimum atomic E-state index is -0.544. The lowest BCUT2D eigenvalue weighted by molar-refractivity contribution is 0.0849. The Morgan fingerprint density at radius 3 is 2.18 bits per heavy atom. The van der Waals surface area contributed by atoms with Crippen molar-refractivity contribution in [2.24, 2.45) is 0 Å². The van der Waals surface area contributed by atoms with E-state index in [1.807, 2.05) is 0 Å². The second-order valence-corrected chi connectivity index (χ2v) is 8.84. The van der Waals surface area contributed by atoms with Crippen molar-refractivity contribution in [2.45, 2.75) is 0 Å². The molecule has 10 nitrogen and oxygen atoms in total. The zero-order chi connectivity index (χ0) is 23.5. The summed E-state index contributed by atoms with van der Waals surface area (Å²) in [6, 6.07) is 6.75. The van der Waals surface area contributed by atoms with Gasteiger partial charge in [-0.3, -0.25) is 20.4 Å². The number of thiophene rings is 1. The van der Waals surface area contributed by atoms with Crippen LogP contribution in [0.1, 0.15) is 20.0 Å². The standard InChI is InChI=1S/C22H23FN6O4S/c23-15-3-1-14(2-4-15)20(30)26-27-21(31)17-13-16-18(34-17)19(28-5-9-32-10-6-28)25-22(24-16)29-7-11-33-12-8-29/h1-4,13H,5-12H2,(H,26,30)(H,27,31). The third-order valence-electron chi connectivity index (χ3n) is 5.57. The van der Waals surface area contributed by atoms with E-state index in [2.05, 4.69) is 20.7 Å². The Morgan fingerprint density at radius 1 is 0.882 bits per heavy atom. The molecule has 3 aromatic rings. The van der Waals surface area contributed by atoms with Gasteiger partial charge >= 0.3 is 0 Å². The van der Waals surface area contributed by atoms with Gasteiger partial charge in [-0.25, -0.2) is 9.37 Å². The lowest BCUT2D eigenvalue weighted by atomic mass is 10.2. The highest BCUT2D eigenvalue weighted by Gasteiger charge is 2.24. The van der Waals surface area contributed by atoms with Crippen molar-refractivity contribution in [3.05, 3.63) is 46.6 Å². The number of nitrogens with one attached hydrogen (secondary N) is 2. The number of benzene rings is 1. The van der Waals surface area contributed by atoms with Crippen molar-refractivity contribution in [2.75, 3.05) is 62.4 Å². The molecule has 34 heavy (non-hydrogen) atoms. The predicted molar refractivity (Wildman–Crippen MR) is 125 cm³/mol. The van der Waals surface area contributed by atoms with Crippen LogP contribution in [0.15, 0.2) is 30.3 Å². The molecule has 1 aromatic carbocycles. The monoisotopic (exact) mass is 486 g/mol. The number of carbonyl (C=O) groups excluding carboxylic acids is 2. The van der Waals surface area contributed by atoms with Gasteiger partial charge in [0.15, 0.2) is 5.82 Å². The first kappa shape index (κ1) is 22.4. The molecule has 2 N–H and O–H groups in total. The van der Waals surface area contributed by atoms with Gasteiger partial charge in [0.05, 0.1) is 41.5 Å². The fourth-order valence-electron chi connectivity index (χ4n) is 3.76. The van der Waals surface area contributed by atoms with Gasteiger partial charge in [-0.2, -0.15) is 4.98 Å². The van der Waals surface area contributed by atoms with Gasteiger partial charge in [0.1, 0.15) is 5.82 Å². The van der Waals surface area contributed by atoms with Crippen molar-refractivity contribution in [1.82, 2.24) is 20.8 Å². The molecule has 0 aliphatic carbocycles. The number of hydrogen-bond donors (Lipinski definition) is 2. The number of nitrogens with zero attached hydrogens (tertiary/aromatic N) is 4. The molecule has 2 saturated heterocycles. The van der Waals surface area contributed by atoms with E-state index < -0.39 is 17.6 Å². The number of morpholine rings is 2. The van der Waals surface area contributed by atoms with Crippen molar-refractivity contribution < 1.29 is 23.5 Å². The van der Waals surface area contributed by atoms with Crippen molar-refractivity contribution in [3.63, 3.8) is 0 Å². The molecule has 178 valence electrons. The minimum Gasteiger partial charge on any atom is -0.378 e. The molecule has 12 heteroatoms. The molecule has 2 fully saturated rings. The third kappa shape index (κ3) is 4.79. The lowest BCUT2D eigenvalue weighted by Crippen LogP contribution is -2.41. The van der Waals surface area contributed by atoms with Gasteiger partial charge in [0, 0.05) is 31.7 Å². The van der Waals surface area contributed by atoms with Gasteiger partial charge in [0.25, 0.3) is 11.8 Å². The molecule has 5 rings (SSSR count). The fraction of sp³-hybridized carbons (Fsp3) is 0.364. The molecular formula is C22H23FN6O4S. The van der Waals surface area contributed by atoms with Crippen LogP contribution in [-0.2, 0) is 9.47 Å². The number of ether oxygens (including phenoxy) is 2. The van der Waals surface area contributed by atoms with E-state index >= 15 is 0 Å². The van der Waals surface area contributed by atoms with Crippen LogP contribution in [0, 0.1) is 5.82 Å². The number of hydrazine groups is 1. The zero-order valence-corrected chi connectivity index (χ0v) is 19.1. The average Bonchev–Trinajstić information content (AvgIpc) is 3.32. The van der Waals surface area contributed by atoms with Gasteiger partial charge in [-0.1, -0.05) is 0 Å². The maximum atomic E-state index is 13.1. The molecule has 0 spiro atoms. The smallest absolute Gasteiger partial charge is 0.279 e. The summed E-state index contributed by atoms with van der Waals surface area (Å²) in [6.45, 7) is 5.21. The highest BCUT2D eigenvalue weighted by molar-refractivity contribution is 7.21. The second-order valence-electron chi connectivity index (χ2n) is 7.79. The highest BCUT2D eigenvalue weighted by atomic mass is 32.1. The summed E-state index contributed by atoms with van der Waals surface area (Å²) in [5, 5.41) is 0. The number of anilines is 2. The maximum Gasteiger partial charge on any atom is 0.279 e. The Bertz CT molecular complexity index is 1190. The van der Waals surface area contributed by atoms with Gasteiger partial charge < -0.3 is 19.3 Å². The highest BCUT2D eigenvalue weighted by Crippen LogP contribution is 2.34. The average molecular weight is 487 g/mol. The Balaban J connectivity index is 1.39. The largest absolute Gasteiger partial charge is 0.378 e. The number of carbonyl (C=O) groups is 2. The van der Waals surface area contributed by atoms with E-state index in [0.29, 0.717) is 68.9 Å². The number of halogens is 1. The summed E-state index contributed by atoms with van der Waals surface area (Å²) >= 11 is 1.27.